The topological polar surface area (TPSA) is 17.1 Å². The van der Waals surface area contributed by atoms with Gasteiger partial charge in [-0.1, -0.05) is 40.2 Å². The van der Waals surface area contributed by atoms with Crippen LogP contribution in [-0.2, 0) is 0 Å². The maximum absolute atomic E-state index is 12.2. The summed E-state index contributed by atoms with van der Waals surface area (Å²) in [6.07, 6.45) is 0.985. The van der Waals surface area contributed by atoms with Crippen molar-refractivity contribution in [3.63, 3.8) is 0 Å². The SMILES string of the molecule is O=C(c1cccs1)C1CC1c1ccccc1Br. The molecule has 2 unspecified atom stereocenters. The molecular weight excluding hydrogens is 296 g/mol. The van der Waals surface area contributed by atoms with E-state index in [0.29, 0.717) is 11.7 Å². The molecule has 3 rings (SSSR count). The molecule has 1 aromatic heterocycles. The summed E-state index contributed by atoms with van der Waals surface area (Å²) in [7, 11) is 0. The Balaban J connectivity index is 1.79. The van der Waals surface area contributed by atoms with E-state index in [-0.39, 0.29) is 5.92 Å². The predicted molar refractivity (Wildman–Crippen MR) is 73.6 cm³/mol. The summed E-state index contributed by atoms with van der Waals surface area (Å²) >= 11 is 5.09. The second-order valence-electron chi connectivity index (χ2n) is 4.31. The summed E-state index contributed by atoms with van der Waals surface area (Å²) in [5, 5.41) is 1.96. The minimum Gasteiger partial charge on any atom is -0.293 e. The lowest BCUT2D eigenvalue weighted by Gasteiger charge is -2.02. The van der Waals surface area contributed by atoms with Crippen LogP contribution in [0, 0.1) is 5.92 Å². The van der Waals surface area contributed by atoms with Crippen LogP contribution in [0.4, 0.5) is 0 Å². The Labute approximate surface area is 113 Å². The van der Waals surface area contributed by atoms with Crippen molar-refractivity contribution in [2.45, 2.75) is 12.3 Å². The molecule has 0 bridgehead atoms. The third-order valence-corrected chi connectivity index (χ3v) is 4.80. The summed E-state index contributed by atoms with van der Waals surface area (Å²) in [6.45, 7) is 0. The van der Waals surface area contributed by atoms with Gasteiger partial charge in [0, 0.05) is 10.4 Å². The van der Waals surface area contributed by atoms with Crippen molar-refractivity contribution in [2.24, 2.45) is 5.92 Å². The van der Waals surface area contributed by atoms with Gasteiger partial charge in [-0.3, -0.25) is 4.79 Å². The molecule has 0 amide bonds. The Kier molecular flexibility index (Phi) is 2.89. The van der Waals surface area contributed by atoms with Crippen molar-refractivity contribution in [3.05, 3.63) is 56.7 Å². The highest BCUT2D eigenvalue weighted by Crippen LogP contribution is 2.51. The molecule has 1 aliphatic carbocycles. The zero-order valence-electron chi connectivity index (χ0n) is 9.10. The molecule has 1 aliphatic rings. The number of hydrogen-bond acceptors (Lipinski definition) is 2. The molecule has 0 aliphatic heterocycles. The Morgan fingerprint density at radius 1 is 1.24 bits per heavy atom. The first-order chi connectivity index (χ1) is 8.27. The smallest absolute Gasteiger partial charge is 0.176 e. The van der Waals surface area contributed by atoms with Crippen LogP contribution in [0.5, 0.6) is 0 Å². The Hall–Kier alpha value is -0.930. The lowest BCUT2D eigenvalue weighted by molar-refractivity contribution is 0.0969. The van der Waals surface area contributed by atoms with E-state index in [1.165, 1.54) is 16.9 Å². The van der Waals surface area contributed by atoms with Gasteiger partial charge in [-0.25, -0.2) is 0 Å². The van der Waals surface area contributed by atoms with Gasteiger partial charge in [0.15, 0.2) is 5.78 Å². The average Bonchev–Trinajstić information content (AvgIpc) is 2.93. The lowest BCUT2D eigenvalue weighted by atomic mass is 10.1. The van der Waals surface area contributed by atoms with Gasteiger partial charge in [-0.2, -0.15) is 0 Å². The van der Waals surface area contributed by atoms with Crippen LogP contribution in [0.2, 0.25) is 0 Å². The van der Waals surface area contributed by atoms with E-state index < -0.39 is 0 Å². The highest BCUT2D eigenvalue weighted by atomic mass is 79.9. The number of carbonyl (C=O) groups excluding carboxylic acids is 1. The Morgan fingerprint density at radius 3 is 2.76 bits per heavy atom. The van der Waals surface area contributed by atoms with Crippen molar-refractivity contribution >= 4 is 33.0 Å². The number of rotatable bonds is 3. The third-order valence-electron chi connectivity index (χ3n) is 3.20. The Bertz CT molecular complexity index is 547. The van der Waals surface area contributed by atoms with Crippen LogP contribution in [0.1, 0.15) is 27.6 Å². The largest absolute Gasteiger partial charge is 0.293 e. The summed E-state index contributed by atoms with van der Waals surface area (Å²) < 4.78 is 1.12. The number of carbonyl (C=O) groups is 1. The standard InChI is InChI=1S/C14H11BrOS/c15-12-5-2-1-4-9(12)10-8-11(10)14(16)13-6-3-7-17-13/h1-7,10-11H,8H2. The van der Waals surface area contributed by atoms with Gasteiger partial charge >= 0.3 is 0 Å². The molecule has 0 N–H and O–H groups in total. The van der Waals surface area contributed by atoms with Crippen LogP contribution in [0.3, 0.4) is 0 Å². The van der Waals surface area contributed by atoms with Crippen LogP contribution >= 0.6 is 27.3 Å². The van der Waals surface area contributed by atoms with Crippen molar-refractivity contribution < 1.29 is 4.79 Å². The lowest BCUT2D eigenvalue weighted by Crippen LogP contribution is -2.00. The number of ketones is 1. The number of hydrogen-bond donors (Lipinski definition) is 0. The Morgan fingerprint density at radius 2 is 2.06 bits per heavy atom. The highest BCUT2D eigenvalue weighted by Gasteiger charge is 2.44. The first-order valence-corrected chi connectivity index (χ1v) is 7.27. The first kappa shape index (κ1) is 11.2. The molecule has 1 fully saturated rings. The van der Waals surface area contributed by atoms with Crippen LogP contribution < -0.4 is 0 Å². The van der Waals surface area contributed by atoms with Crippen LogP contribution in [0.15, 0.2) is 46.3 Å². The molecular formula is C14H11BrOS. The maximum Gasteiger partial charge on any atom is 0.176 e. The summed E-state index contributed by atoms with van der Waals surface area (Å²) in [5.41, 5.74) is 1.27. The first-order valence-electron chi connectivity index (χ1n) is 5.59. The fraction of sp³-hybridized carbons (Fsp3) is 0.214. The third kappa shape index (κ3) is 2.09. The fourth-order valence-corrected chi connectivity index (χ4v) is 3.51. The summed E-state index contributed by atoms with van der Waals surface area (Å²) in [5.74, 6) is 0.897. The van der Waals surface area contributed by atoms with Crippen molar-refractivity contribution in [1.29, 1.82) is 0 Å². The molecule has 2 atom stereocenters. The maximum atomic E-state index is 12.2. The second-order valence-corrected chi connectivity index (χ2v) is 6.11. The minimum atomic E-state index is 0.187. The van der Waals surface area contributed by atoms with E-state index in [1.807, 2.05) is 35.7 Å². The number of thiophene rings is 1. The van der Waals surface area contributed by atoms with E-state index in [0.717, 1.165) is 15.8 Å². The van der Waals surface area contributed by atoms with Gasteiger partial charge in [-0.15, -0.1) is 11.3 Å². The van der Waals surface area contributed by atoms with Gasteiger partial charge in [0.25, 0.3) is 0 Å². The zero-order valence-corrected chi connectivity index (χ0v) is 11.5. The van der Waals surface area contributed by atoms with Crippen molar-refractivity contribution in [2.75, 3.05) is 0 Å². The predicted octanol–water partition coefficient (Wildman–Crippen LogP) is 4.50. The molecule has 3 heteroatoms. The highest BCUT2D eigenvalue weighted by molar-refractivity contribution is 9.10. The second kappa shape index (κ2) is 4.39. The van der Waals surface area contributed by atoms with E-state index in [9.17, 15) is 4.79 Å². The molecule has 1 saturated carbocycles. The van der Waals surface area contributed by atoms with Gasteiger partial charge in [0.2, 0.25) is 0 Å². The minimum absolute atomic E-state index is 0.187. The van der Waals surface area contributed by atoms with Gasteiger partial charge in [0.1, 0.15) is 0 Å². The number of benzene rings is 1. The molecule has 1 nitrogen and oxygen atoms in total. The van der Waals surface area contributed by atoms with Gasteiger partial charge in [-0.05, 0) is 35.4 Å². The molecule has 0 saturated heterocycles. The molecule has 0 radical (unpaired) electrons. The van der Waals surface area contributed by atoms with Crippen molar-refractivity contribution in [1.82, 2.24) is 0 Å². The van der Waals surface area contributed by atoms with E-state index in [4.69, 9.17) is 0 Å². The summed E-state index contributed by atoms with van der Waals surface area (Å²) in [4.78, 5) is 13.1. The monoisotopic (exact) mass is 306 g/mol. The van der Waals surface area contributed by atoms with Crippen LogP contribution in [0.25, 0.3) is 0 Å². The van der Waals surface area contributed by atoms with Gasteiger partial charge in [0.05, 0.1) is 4.88 Å². The fourth-order valence-electron chi connectivity index (χ4n) is 2.21. The normalized spacial score (nSPS) is 22.4. The molecule has 17 heavy (non-hydrogen) atoms. The summed E-state index contributed by atoms with van der Waals surface area (Å²) in [6, 6.07) is 12.0. The number of Topliss-reactive ketones (excluding diaryl/α,β-unsaturated/α-hetero) is 1. The van der Waals surface area contributed by atoms with Crippen molar-refractivity contribution in [3.8, 4) is 0 Å². The molecule has 2 aromatic rings. The molecule has 1 aromatic carbocycles. The van der Waals surface area contributed by atoms with Gasteiger partial charge < -0.3 is 0 Å². The molecule has 0 spiro atoms. The number of halogens is 1. The average molecular weight is 307 g/mol. The van der Waals surface area contributed by atoms with E-state index >= 15 is 0 Å². The van der Waals surface area contributed by atoms with Crippen LogP contribution in [-0.4, -0.2) is 5.78 Å². The molecule has 1 heterocycles. The quantitative estimate of drug-likeness (QED) is 0.763. The van der Waals surface area contributed by atoms with E-state index in [1.54, 1.807) is 0 Å². The zero-order chi connectivity index (χ0) is 11.8. The molecule has 86 valence electrons. The van der Waals surface area contributed by atoms with E-state index in [2.05, 4.69) is 22.0 Å².